The molecule has 0 fully saturated rings. The second-order valence-electron chi connectivity index (χ2n) is 8.56. The quantitative estimate of drug-likeness (QED) is 0.390. The maximum atomic E-state index is 2.61. The standard InChI is InChI=1S/C14H11S.C9H13.C2H6Si.Zr/c1-10-9-11-5-2-3-6-12(11)14(10)13-7-4-8-15-13;1-6-5-7(2)9(4)8(6)3;1-3-2;/h2-9H,1H3;5H,1-4H3;1-2H3;. The van der Waals surface area contributed by atoms with Crippen LogP contribution in [0.2, 0.25) is 16.7 Å². The van der Waals surface area contributed by atoms with Gasteiger partial charge in [0.15, 0.2) is 0 Å². The molecule has 1 unspecified atom stereocenters. The fourth-order valence-corrected chi connectivity index (χ4v) is 27.7. The predicted molar refractivity (Wildman–Crippen MR) is 123 cm³/mol. The van der Waals surface area contributed by atoms with Crippen molar-refractivity contribution in [3.8, 4) is 0 Å². The number of benzene rings is 1. The molecule has 0 radical (unpaired) electrons. The predicted octanol–water partition coefficient (Wildman–Crippen LogP) is 7.97. The van der Waals surface area contributed by atoms with Gasteiger partial charge in [0.1, 0.15) is 0 Å². The van der Waals surface area contributed by atoms with E-state index in [0.717, 1.165) is 7.25 Å². The molecule has 4 rings (SSSR count). The molecule has 1 atom stereocenters. The monoisotopic (exact) mass is 480 g/mol. The van der Waals surface area contributed by atoms with Crippen LogP contribution in [0.3, 0.4) is 0 Å². The van der Waals surface area contributed by atoms with Gasteiger partial charge in [-0.15, -0.1) is 0 Å². The van der Waals surface area contributed by atoms with Gasteiger partial charge in [0.25, 0.3) is 0 Å². The van der Waals surface area contributed by atoms with Gasteiger partial charge in [-0.1, -0.05) is 0 Å². The third-order valence-corrected chi connectivity index (χ3v) is 27.9. The van der Waals surface area contributed by atoms with E-state index in [2.05, 4.69) is 89.5 Å². The van der Waals surface area contributed by atoms with Crippen LogP contribution < -0.4 is 0 Å². The van der Waals surface area contributed by atoms with Crippen molar-refractivity contribution in [1.29, 1.82) is 0 Å². The van der Waals surface area contributed by atoms with Crippen molar-refractivity contribution in [3.63, 3.8) is 0 Å². The van der Waals surface area contributed by atoms with Crippen molar-refractivity contribution in [2.45, 2.75) is 55.0 Å². The maximum absolute atomic E-state index is 2.61. The molecule has 0 amide bonds. The molecule has 0 saturated carbocycles. The Morgan fingerprint density at radius 2 is 1.43 bits per heavy atom. The Balaban J connectivity index is 1.96. The van der Waals surface area contributed by atoms with E-state index >= 15 is 0 Å². The molecule has 0 N–H and O–H groups in total. The minimum atomic E-state index is -1.86. The summed E-state index contributed by atoms with van der Waals surface area (Å²) in [5.41, 5.74) is 12.6. The summed E-state index contributed by atoms with van der Waals surface area (Å²) in [5.74, 6) is 0. The van der Waals surface area contributed by atoms with Crippen LogP contribution >= 0.6 is 11.3 Å². The average molecular weight is 482 g/mol. The van der Waals surface area contributed by atoms with Crippen LogP contribution in [0.1, 0.15) is 54.2 Å². The fourth-order valence-electron chi connectivity index (χ4n) is 5.27. The molecule has 0 spiro atoms. The molecule has 3 heteroatoms. The Morgan fingerprint density at radius 1 is 0.786 bits per heavy atom. The summed E-state index contributed by atoms with van der Waals surface area (Å²) < 4.78 is 1.52. The van der Waals surface area contributed by atoms with Gasteiger partial charge in [-0.2, -0.15) is 0 Å². The van der Waals surface area contributed by atoms with Crippen LogP contribution in [0.25, 0.3) is 5.57 Å². The van der Waals surface area contributed by atoms with Crippen LogP contribution in [0.5, 0.6) is 0 Å². The van der Waals surface area contributed by atoms with Crippen molar-refractivity contribution in [1.82, 2.24) is 0 Å². The zero-order chi connectivity index (χ0) is 20.2. The molecular weight excluding hydrogens is 452 g/mol. The summed E-state index contributed by atoms with van der Waals surface area (Å²) in [4.78, 5) is 1.45. The molecule has 1 aromatic carbocycles. The molecule has 28 heavy (non-hydrogen) atoms. The van der Waals surface area contributed by atoms with Gasteiger partial charge in [0, 0.05) is 0 Å². The summed E-state index contributed by atoms with van der Waals surface area (Å²) >= 11 is 0.0388. The zero-order valence-corrected chi connectivity index (χ0v) is 22.4. The van der Waals surface area contributed by atoms with E-state index in [0.29, 0.717) is 0 Å². The van der Waals surface area contributed by atoms with Crippen molar-refractivity contribution in [2.24, 2.45) is 0 Å². The Hall–Kier alpha value is -0.760. The van der Waals surface area contributed by atoms with E-state index in [4.69, 9.17) is 0 Å². The van der Waals surface area contributed by atoms with Gasteiger partial charge in [0.05, 0.1) is 0 Å². The summed E-state index contributed by atoms with van der Waals surface area (Å²) in [7, 11) is 0. The number of thiophene rings is 1. The van der Waals surface area contributed by atoms with E-state index in [1.807, 2.05) is 11.3 Å². The molecule has 0 saturated heterocycles. The van der Waals surface area contributed by atoms with E-state index in [9.17, 15) is 0 Å². The van der Waals surface area contributed by atoms with E-state index in [1.54, 1.807) is 39.0 Å². The molecule has 1 heterocycles. The normalized spacial score (nSPS) is 19.8. The first-order chi connectivity index (χ1) is 13.3. The minimum absolute atomic E-state index is 0.318. The molecule has 2 aliphatic rings. The molecule has 1 aromatic heterocycles. The Labute approximate surface area is 182 Å². The molecule has 0 aliphatic heterocycles. The average Bonchev–Trinajstić information content (AvgIpc) is 3.33. The summed E-state index contributed by atoms with van der Waals surface area (Å²) in [5, 5.41) is 2.23. The van der Waals surface area contributed by atoms with Gasteiger partial charge in [-0.3, -0.25) is 0 Å². The van der Waals surface area contributed by atoms with E-state index in [-0.39, 0.29) is 5.43 Å². The van der Waals surface area contributed by atoms with Crippen LogP contribution in [-0.4, -0.2) is 5.43 Å². The van der Waals surface area contributed by atoms with Crippen LogP contribution in [0.4, 0.5) is 0 Å². The third kappa shape index (κ3) is 3.09. The molecule has 0 nitrogen and oxygen atoms in total. The molecule has 0 bridgehead atoms. The van der Waals surface area contributed by atoms with Crippen molar-refractivity contribution in [3.05, 3.63) is 85.6 Å². The van der Waals surface area contributed by atoms with E-state index < -0.39 is 20.4 Å². The zero-order valence-electron chi connectivity index (χ0n) is 18.1. The molecular formula is C25H30SSiZr. The SMILES string of the molecule is CC1=C(C)[CH]([Zr]([CH]2C(C)=C(c3cccs3)c3ccccc32)=[Si](C)C)C(C)=C1C. The second-order valence-corrected chi connectivity index (χ2v) is 27.4. The van der Waals surface area contributed by atoms with Crippen LogP contribution in [0.15, 0.2) is 69.6 Å². The van der Waals surface area contributed by atoms with Gasteiger partial charge >= 0.3 is 183 Å². The van der Waals surface area contributed by atoms with Crippen molar-refractivity contribution in [2.75, 3.05) is 0 Å². The van der Waals surface area contributed by atoms with Crippen LogP contribution in [0, 0.1) is 0 Å². The second kappa shape index (κ2) is 7.82. The first kappa shape index (κ1) is 20.5. The first-order valence-electron chi connectivity index (χ1n) is 10.2. The Bertz CT molecular complexity index is 1050. The Morgan fingerprint density at radius 3 is 2.00 bits per heavy atom. The molecule has 144 valence electrons. The number of allylic oxidation sites excluding steroid dienone is 5. The summed E-state index contributed by atoms with van der Waals surface area (Å²) in [6, 6.07) is 13.8. The molecule has 2 aromatic rings. The number of fused-ring (bicyclic) bond motifs is 1. The van der Waals surface area contributed by atoms with Crippen LogP contribution in [-0.2, 0) is 20.4 Å². The number of rotatable bonds is 3. The summed E-state index contributed by atoms with van der Waals surface area (Å²) in [6.07, 6.45) is 0. The molecule has 2 aliphatic carbocycles. The number of hydrogen-bond acceptors (Lipinski definition) is 1. The Kier molecular flexibility index (Phi) is 5.73. The van der Waals surface area contributed by atoms with E-state index in [1.165, 1.54) is 10.4 Å². The van der Waals surface area contributed by atoms with Crippen molar-refractivity contribution >= 4 is 22.3 Å². The fraction of sp³-hybridized carbons (Fsp3) is 0.360. The third-order valence-electron chi connectivity index (χ3n) is 6.95. The number of hydrogen-bond donors (Lipinski definition) is 0. The van der Waals surface area contributed by atoms with Gasteiger partial charge in [-0.05, 0) is 0 Å². The van der Waals surface area contributed by atoms with Crippen molar-refractivity contribution < 1.29 is 20.4 Å². The van der Waals surface area contributed by atoms with Gasteiger partial charge < -0.3 is 0 Å². The van der Waals surface area contributed by atoms with Gasteiger partial charge in [0.2, 0.25) is 0 Å². The topological polar surface area (TPSA) is 0 Å². The van der Waals surface area contributed by atoms with Gasteiger partial charge in [-0.25, -0.2) is 0 Å². The first-order valence-corrected chi connectivity index (χ1v) is 20.1. The summed E-state index contributed by atoms with van der Waals surface area (Å²) in [6.45, 7) is 17.3.